The van der Waals surface area contributed by atoms with Crippen molar-refractivity contribution in [2.75, 3.05) is 25.5 Å². The molecule has 1 aliphatic rings. The van der Waals surface area contributed by atoms with Crippen molar-refractivity contribution in [2.24, 2.45) is 0 Å². The lowest BCUT2D eigenvalue weighted by Gasteiger charge is -2.34. The molecule has 0 saturated carbocycles. The Morgan fingerprint density at radius 3 is 2.74 bits per heavy atom. The number of benzene rings is 1. The molecule has 2 rings (SSSR count). The van der Waals surface area contributed by atoms with E-state index in [1.165, 1.54) is 13.2 Å². The molecule has 2 N–H and O–H groups in total. The van der Waals surface area contributed by atoms with Gasteiger partial charge in [0.25, 0.3) is 5.91 Å². The third kappa shape index (κ3) is 3.13. The van der Waals surface area contributed by atoms with E-state index in [0.717, 1.165) is 13.1 Å². The topological polar surface area (TPSA) is 50.4 Å². The number of methoxy groups -OCH3 is 1. The largest absolute Gasteiger partial charge is 0.368 e. The SMILES string of the molecule is COC1(C(=O)Nc2ccc(Br)c(F)c2)CCNCC1. The third-order valence-corrected chi connectivity index (χ3v) is 4.04. The van der Waals surface area contributed by atoms with Crippen molar-refractivity contribution < 1.29 is 13.9 Å². The highest BCUT2D eigenvalue weighted by Crippen LogP contribution is 2.25. The monoisotopic (exact) mass is 330 g/mol. The molecule has 0 radical (unpaired) electrons. The Morgan fingerprint density at radius 1 is 1.47 bits per heavy atom. The highest BCUT2D eigenvalue weighted by atomic mass is 79.9. The average Bonchev–Trinajstić information content (AvgIpc) is 2.43. The fourth-order valence-electron chi connectivity index (χ4n) is 2.17. The number of carbonyl (C=O) groups is 1. The fraction of sp³-hybridized carbons (Fsp3) is 0.462. The maximum Gasteiger partial charge on any atom is 0.256 e. The minimum Gasteiger partial charge on any atom is -0.368 e. The van der Waals surface area contributed by atoms with Gasteiger partial charge in [-0.1, -0.05) is 0 Å². The van der Waals surface area contributed by atoms with Crippen molar-refractivity contribution in [2.45, 2.75) is 18.4 Å². The molecule has 1 heterocycles. The van der Waals surface area contributed by atoms with Crippen LogP contribution in [0, 0.1) is 5.82 Å². The van der Waals surface area contributed by atoms with Crippen molar-refractivity contribution in [3.8, 4) is 0 Å². The summed E-state index contributed by atoms with van der Waals surface area (Å²) in [5.41, 5.74) is -0.393. The predicted octanol–water partition coefficient (Wildman–Crippen LogP) is 2.30. The summed E-state index contributed by atoms with van der Waals surface area (Å²) in [6.07, 6.45) is 1.21. The maximum absolute atomic E-state index is 13.4. The number of amides is 1. The van der Waals surface area contributed by atoms with E-state index in [0.29, 0.717) is 23.0 Å². The third-order valence-electron chi connectivity index (χ3n) is 3.39. The molecule has 0 bridgehead atoms. The van der Waals surface area contributed by atoms with E-state index < -0.39 is 11.4 Å². The molecule has 0 unspecified atom stereocenters. The first-order chi connectivity index (χ1) is 9.07. The van der Waals surface area contributed by atoms with Gasteiger partial charge in [0.2, 0.25) is 0 Å². The van der Waals surface area contributed by atoms with E-state index in [9.17, 15) is 9.18 Å². The number of ether oxygens (including phenoxy) is 1. The molecule has 0 atom stereocenters. The number of anilines is 1. The Bertz CT molecular complexity index is 476. The molecule has 1 fully saturated rings. The van der Waals surface area contributed by atoms with Gasteiger partial charge in [-0.05, 0) is 60.1 Å². The second-order valence-corrected chi connectivity index (χ2v) is 5.39. The van der Waals surface area contributed by atoms with Gasteiger partial charge in [0.05, 0.1) is 4.47 Å². The van der Waals surface area contributed by atoms with Gasteiger partial charge in [-0.2, -0.15) is 0 Å². The van der Waals surface area contributed by atoms with Crippen LogP contribution >= 0.6 is 15.9 Å². The van der Waals surface area contributed by atoms with E-state index >= 15 is 0 Å². The Labute approximate surface area is 119 Å². The first-order valence-corrected chi connectivity index (χ1v) is 6.89. The second kappa shape index (κ2) is 5.98. The maximum atomic E-state index is 13.4. The quantitative estimate of drug-likeness (QED) is 0.894. The van der Waals surface area contributed by atoms with Crippen LogP contribution in [0.4, 0.5) is 10.1 Å². The van der Waals surface area contributed by atoms with Crippen molar-refractivity contribution in [1.29, 1.82) is 0 Å². The summed E-state index contributed by atoms with van der Waals surface area (Å²) in [5, 5.41) is 5.90. The summed E-state index contributed by atoms with van der Waals surface area (Å²) in [4.78, 5) is 12.3. The van der Waals surface area contributed by atoms with Crippen LogP contribution < -0.4 is 10.6 Å². The van der Waals surface area contributed by atoms with Gasteiger partial charge < -0.3 is 15.4 Å². The first kappa shape index (κ1) is 14.4. The molecule has 0 aromatic heterocycles. The van der Waals surface area contributed by atoms with Crippen LogP contribution in [0.15, 0.2) is 22.7 Å². The summed E-state index contributed by atoms with van der Waals surface area (Å²) in [7, 11) is 1.53. The number of hydrogen-bond donors (Lipinski definition) is 2. The molecule has 1 aromatic rings. The summed E-state index contributed by atoms with van der Waals surface area (Å²) >= 11 is 3.08. The van der Waals surface area contributed by atoms with E-state index in [-0.39, 0.29) is 5.91 Å². The highest BCUT2D eigenvalue weighted by molar-refractivity contribution is 9.10. The first-order valence-electron chi connectivity index (χ1n) is 6.10. The minimum absolute atomic E-state index is 0.224. The Hall–Kier alpha value is -0.980. The average molecular weight is 331 g/mol. The summed E-state index contributed by atoms with van der Waals surface area (Å²) in [5.74, 6) is -0.632. The lowest BCUT2D eigenvalue weighted by atomic mass is 9.91. The molecular weight excluding hydrogens is 315 g/mol. The van der Waals surface area contributed by atoms with Crippen LogP contribution in [-0.2, 0) is 9.53 Å². The Morgan fingerprint density at radius 2 is 2.16 bits per heavy atom. The summed E-state index contributed by atoms with van der Waals surface area (Å²) in [6, 6.07) is 4.49. The van der Waals surface area contributed by atoms with Gasteiger partial charge in [-0.25, -0.2) is 4.39 Å². The number of piperidine rings is 1. The second-order valence-electron chi connectivity index (χ2n) is 4.53. The molecule has 1 amide bonds. The molecular formula is C13H16BrFN2O2. The van der Waals surface area contributed by atoms with Gasteiger partial charge >= 0.3 is 0 Å². The smallest absolute Gasteiger partial charge is 0.256 e. The van der Waals surface area contributed by atoms with Crippen LogP contribution in [0.25, 0.3) is 0 Å². The van der Waals surface area contributed by atoms with Crippen LogP contribution in [-0.4, -0.2) is 31.7 Å². The standard InChI is InChI=1S/C13H16BrFN2O2/c1-19-13(4-6-16-7-5-13)12(18)17-9-2-3-10(14)11(15)8-9/h2-3,8,16H,4-7H2,1H3,(H,17,18). The molecule has 1 aliphatic heterocycles. The Balaban J connectivity index is 2.12. The van der Waals surface area contributed by atoms with E-state index in [4.69, 9.17) is 4.74 Å². The zero-order valence-electron chi connectivity index (χ0n) is 10.6. The van der Waals surface area contributed by atoms with Gasteiger partial charge in [0, 0.05) is 12.8 Å². The molecule has 4 nitrogen and oxygen atoms in total. The molecule has 1 aromatic carbocycles. The molecule has 1 saturated heterocycles. The van der Waals surface area contributed by atoms with Crippen LogP contribution in [0.3, 0.4) is 0 Å². The normalized spacial score (nSPS) is 18.1. The van der Waals surface area contributed by atoms with E-state index in [1.807, 2.05) is 0 Å². The van der Waals surface area contributed by atoms with Crippen molar-refractivity contribution in [3.63, 3.8) is 0 Å². The number of rotatable bonds is 3. The van der Waals surface area contributed by atoms with Crippen LogP contribution in [0.1, 0.15) is 12.8 Å². The lowest BCUT2D eigenvalue weighted by molar-refractivity contribution is -0.140. The number of halogens is 2. The number of carbonyl (C=O) groups excluding carboxylic acids is 1. The molecule has 0 aliphatic carbocycles. The molecule has 0 spiro atoms. The predicted molar refractivity (Wildman–Crippen MR) is 74.6 cm³/mol. The molecule has 104 valence electrons. The zero-order chi connectivity index (χ0) is 13.9. The Kier molecular flexibility index (Phi) is 4.54. The van der Waals surface area contributed by atoms with Crippen molar-refractivity contribution in [3.05, 3.63) is 28.5 Å². The van der Waals surface area contributed by atoms with Crippen molar-refractivity contribution in [1.82, 2.24) is 5.32 Å². The highest BCUT2D eigenvalue weighted by Gasteiger charge is 2.39. The molecule has 19 heavy (non-hydrogen) atoms. The number of nitrogens with one attached hydrogen (secondary N) is 2. The number of hydrogen-bond acceptors (Lipinski definition) is 3. The summed E-state index contributed by atoms with van der Waals surface area (Å²) in [6.45, 7) is 1.46. The molecule has 6 heteroatoms. The van der Waals surface area contributed by atoms with Crippen LogP contribution in [0.2, 0.25) is 0 Å². The van der Waals surface area contributed by atoms with Gasteiger partial charge in [0.1, 0.15) is 11.4 Å². The van der Waals surface area contributed by atoms with E-state index in [1.54, 1.807) is 12.1 Å². The minimum atomic E-state index is -0.825. The van der Waals surface area contributed by atoms with Crippen LogP contribution in [0.5, 0.6) is 0 Å². The van der Waals surface area contributed by atoms with Gasteiger partial charge in [0.15, 0.2) is 0 Å². The zero-order valence-corrected chi connectivity index (χ0v) is 12.2. The lowest BCUT2D eigenvalue weighted by Crippen LogP contribution is -2.51. The van der Waals surface area contributed by atoms with E-state index in [2.05, 4.69) is 26.6 Å². The van der Waals surface area contributed by atoms with Gasteiger partial charge in [-0.3, -0.25) is 4.79 Å². The van der Waals surface area contributed by atoms with Gasteiger partial charge in [-0.15, -0.1) is 0 Å². The summed E-state index contributed by atoms with van der Waals surface area (Å²) < 4.78 is 19.2. The van der Waals surface area contributed by atoms with Crippen molar-refractivity contribution >= 4 is 27.5 Å². The fourth-order valence-corrected chi connectivity index (χ4v) is 2.42.